The Hall–Kier alpha value is -2.86. The van der Waals surface area contributed by atoms with Crippen LogP contribution in [0.15, 0.2) is 24.3 Å². The fourth-order valence-corrected chi connectivity index (χ4v) is 3.79. The summed E-state index contributed by atoms with van der Waals surface area (Å²) in [6.45, 7) is 0.0345. The number of rotatable bonds is 4. The number of carbonyl (C=O) groups excluding carboxylic acids is 2. The van der Waals surface area contributed by atoms with E-state index in [1.165, 1.54) is 0 Å². The predicted molar refractivity (Wildman–Crippen MR) is 89.9 cm³/mol. The van der Waals surface area contributed by atoms with Crippen LogP contribution in [0.5, 0.6) is 0 Å². The summed E-state index contributed by atoms with van der Waals surface area (Å²) in [6, 6.07) is 11.4. The molecule has 6 nitrogen and oxygen atoms in total. The van der Waals surface area contributed by atoms with Gasteiger partial charge >= 0.3 is 6.03 Å². The van der Waals surface area contributed by atoms with Crippen molar-refractivity contribution in [3.63, 3.8) is 0 Å². The van der Waals surface area contributed by atoms with Crippen molar-refractivity contribution >= 4 is 11.9 Å². The lowest BCUT2D eigenvalue weighted by Gasteiger charge is -2.27. The van der Waals surface area contributed by atoms with Crippen molar-refractivity contribution in [3.8, 4) is 12.1 Å². The minimum atomic E-state index is -1.01. The van der Waals surface area contributed by atoms with Gasteiger partial charge in [-0.3, -0.25) is 9.69 Å². The predicted octanol–water partition coefficient (Wildman–Crippen LogP) is 2.60. The Balaban J connectivity index is 1.91. The molecule has 1 aliphatic heterocycles. The van der Waals surface area contributed by atoms with Gasteiger partial charge in [0.05, 0.1) is 18.1 Å². The first-order chi connectivity index (χ1) is 12.1. The highest BCUT2D eigenvalue weighted by Crippen LogP contribution is 2.39. The summed E-state index contributed by atoms with van der Waals surface area (Å²) in [5.41, 5.74) is 0.954. The monoisotopic (exact) mass is 336 g/mol. The number of aryl methyl sites for hydroxylation is 1. The maximum absolute atomic E-state index is 13.2. The molecule has 0 unspecified atom stereocenters. The number of benzene rings is 1. The Morgan fingerprint density at radius 1 is 1.24 bits per heavy atom. The lowest BCUT2D eigenvalue weighted by molar-refractivity contribution is -0.132. The van der Waals surface area contributed by atoms with Crippen LogP contribution in [0.25, 0.3) is 0 Å². The van der Waals surface area contributed by atoms with Crippen LogP contribution >= 0.6 is 0 Å². The highest BCUT2D eigenvalue weighted by Gasteiger charge is 2.53. The van der Waals surface area contributed by atoms with E-state index in [4.69, 9.17) is 5.26 Å². The zero-order chi connectivity index (χ0) is 17.9. The quantitative estimate of drug-likeness (QED) is 0.855. The Morgan fingerprint density at radius 3 is 2.80 bits per heavy atom. The third-order valence-electron chi connectivity index (χ3n) is 5.09. The van der Waals surface area contributed by atoms with Gasteiger partial charge in [-0.2, -0.15) is 10.5 Å². The first kappa shape index (κ1) is 17.0. The van der Waals surface area contributed by atoms with Crippen LogP contribution in [0.3, 0.4) is 0 Å². The lowest BCUT2D eigenvalue weighted by atomic mass is 9.84. The number of hydrogen-bond acceptors (Lipinski definition) is 4. The van der Waals surface area contributed by atoms with Crippen molar-refractivity contribution in [2.24, 2.45) is 5.92 Å². The molecule has 0 radical (unpaired) electrons. The fraction of sp³-hybridized carbons (Fsp3) is 0.474. The number of nitriles is 2. The zero-order valence-electron chi connectivity index (χ0n) is 14.0. The number of amides is 3. The Kier molecular flexibility index (Phi) is 4.72. The van der Waals surface area contributed by atoms with Crippen LogP contribution in [-0.4, -0.2) is 23.4 Å². The van der Waals surface area contributed by atoms with Crippen LogP contribution in [0.4, 0.5) is 4.79 Å². The first-order valence-corrected chi connectivity index (χ1v) is 8.61. The SMILES string of the molecule is N#CCC[C@H](C#N)CN1C(=O)N[C@@]2(CCCCc3ccccc32)C1=O. The second-order valence-corrected chi connectivity index (χ2v) is 6.64. The van der Waals surface area contributed by atoms with E-state index in [2.05, 4.69) is 11.4 Å². The molecular formula is C19H20N4O2. The molecule has 0 aromatic heterocycles. The Bertz CT molecular complexity index is 776. The van der Waals surface area contributed by atoms with Crippen LogP contribution in [0, 0.1) is 28.6 Å². The minimum Gasteiger partial charge on any atom is -0.319 e. The van der Waals surface area contributed by atoms with Gasteiger partial charge in [0.25, 0.3) is 5.91 Å². The largest absolute Gasteiger partial charge is 0.325 e. The van der Waals surface area contributed by atoms with Gasteiger partial charge in [-0.1, -0.05) is 24.3 Å². The van der Waals surface area contributed by atoms with Crippen molar-refractivity contribution in [2.75, 3.05) is 6.54 Å². The Morgan fingerprint density at radius 2 is 2.04 bits per heavy atom. The van der Waals surface area contributed by atoms with Crippen molar-refractivity contribution in [1.82, 2.24) is 10.2 Å². The molecule has 1 N–H and O–H groups in total. The van der Waals surface area contributed by atoms with Crippen LogP contribution in [0.1, 0.15) is 43.2 Å². The van der Waals surface area contributed by atoms with Gasteiger partial charge in [0.15, 0.2) is 0 Å². The zero-order valence-corrected chi connectivity index (χ0v) is 14.0. The van der Waals surface area contributed by atoms with E-state index in [1.54, 1.807) is 0 Å². The molecule has 25 heavy (non-hydrogen) atoms. The first-order valence-electron chi connectivity index (χ1n) is 8.61. The topological polar surface area (TPSA) is 97.0 Å². The molecule has 1 fully saturated rings. The van der Waals surface area contributed by atoms with Crippen LogP contribution in [-0.2, 0) is 16.8 Å². The molecule has 1 aromatic rings. The molecule has 1 aliphatic carbocycles. The van der Waals surface area contributed by atoms with Crippen LogP contribution < -0.4 is 5.32 Å². The summed E-state index contributed by atoms with van der Waals surface area (Å²) < 4.78 is 0. The van der Waals surface area contributed by atoms with Gasteiger partial charge in [0, 0.05) is 13.0 Å². The normalized spacial score (nSPS) is 23.4. The molecular weight excluding hydrogens is 316 g/mol. The average molecular weight is 336 g/mol. The summed E-state index contributed by atoms with van der Waals surface area (Å²) in [5, 5.41) is 20.9. The van der Waals surface area contributed by atoms with E-state index < -0.39 is 17.5 Å². The van der Waals surface area contributed by atoms with Crippen molar-refractivity contribution < 1.29 is 9.59 Å². The molecule has 1 heterocycles. The number of carbonyl (C=O) groups is 2. The van der Waals surface area contributed by atoms with Gasteiger partial charge in [0.2, 0.25) is 0 Å². The van der Waals surface area contributed by atoms with Gasteiger partial charge in [-0.25, -0.2) is 4.79 Å². The van der Waals surface area contributed by atoms with E-state index in [-0.39, 0.29) is 18.9 Å². The number of nitrogens with one attached hydrogen (secondary N) is 1. The average Bonchev–Trinajstić information content (AvgIpc) is 2.76. The number of urea groups is 1. The van der Waals surface area contributed by atoms with Gasteiger partial charge in [0.1, 0.15) is 5.54 Å². The summed E-state index contributed by atoms with van der Waals surface area (Å²) in [4.78, 5) is 26.9. The Labute approximate surface area is 147 Å². The van der Waals surface area contributed by atoms with Gasteiger partial charge < -0.3 is 5.32 Å². The number of hydrogen-bond donors (Lipinski definition) is 1. The molecule has 1 aromatic carbocycles. The lowest BCUT2D eigenvalue weighted by Crippen LogP contribution is -2.44. The molecule has 2 aliphatic rings. The summed E-state index contributed by atoms with van der Waals surface area (Å²) in [6.07, 6.45) is 3.88. The molecule has 0 saturated carbocycles. The summed E-state index contributed by atoms with van der Waals surface area (Å²) in [7, 11) is 0. The van der Waals surface area contributed by atoms with E-state index in [0.29, 0.717) is 12.8 Å². The van der Waals surface area contributed by atoms with Crippen LogP contribution in [0.2, 0.25) is 0 Å². The molecule has 1 spiro atoms. The standard InChI is InChI=1S/C19H20N4O2/c20-11-5-6-14(12-21)13-23-17(24)19(22-18(23)25)10-4-3-8-15-7-1-2-9-16(15)19/h1-2,7,9,14H,3-6,8,10,13H2,(H,22,25)/t14-,19-/m1/s1. The third kappa shape index (κ3) is 2.96. The third-order valence-corrected chi connectivity index (χ3v) is 5.09. The fourth-order valence-electron chi connectivity index (χ4n) is 3.79. The summed E-state index contributed by atoms with van der Waals surface area (Å²) in [5.74, 6) is -0.797. The van der Waals surface area contributed by atoms with Crippen molar-refractivity contribution in [1.29, 1.82) is 10.5 Å². The highest BCUT2D eigenvalue weighted by atomic mass is 16.2. The maximum Gasteiger partial charge on any atom is 0.325 e. The number of imide groups is 1. The molecule has 0 bridgehead atoms. The molecule has 128 valence electrons. The molecule has 6 heteroatoms. The molecule has 2 atom stereocenters. The smallest absolute Gasteiger partial charge is 0.319 e. The molecule has 3 amide bonds. The van der Waals surface area contributed by atoms with E-state index in [1.807, 2.05) is 30.3 Å². The number of fused-ring (bicyclic) bond motifs is 2. The van der Waals surface area contributed by atoms with Gasteiger partial charge in [-0.15, -0.1) is 0 Å². The maximum atomic E-state index is 13.2. The number of nitrogens with zero attached hydrogens (tertiary/aromatic N) is 3. The second kappa shape index (κ2) is 6.94. The molecule has 3 rings (SSSR count). The van der Waals surface area contributed by atoms with Crippen molar-refractivity contribution in [3.05, 3.63) is 35.4 Å². The van der Waals surface area contributed by atoms with E-state index in [0.717, 1.165) is 35.3 Å². The van der Waals surface area contributed by atoms with Gasteiger partial charge in [-0.05, 0) is 43.2 Å². The molecule has 1 saturated heterocycles. The minimum absolute atomic E-state index is 0.0345. The second-order valence-electron chi connectivity index (χ2n) is 6.64. The van der Waals surface area contributed by atoms with Crippen molar-refractivity contribution in [2.45, 2.75) is 44.1 Å². The summed E-state index contributed by atoms with van der Waals surface area (Å²) >= 11 is 0. The van der Waals surface area contributed by atoms with E-state index >= 15 is 0 Å². The highest BCUT2D eigenvalue weighted by molar-refractivity contribution is 6.07. The van der Waals surface area contributed by atoms with E-state index in [9.17, 15) is 14.9 Å².